The van der Waals surface area contributed by atoms with Crippen molar-refractivity contribution in [1.82, 2.24) is 20.5 Å². The highest BCUT2D eigenvalue weighted by Gasteiger charge is 2.16. The Kier molecular flexibility index (Phi) is 3.22. The molecule has 3 N–H and O–H groups in total. The van der Waals surface area contributed by atoms with Crippen LogP contribution in [-0.2, 0) is 0 Å². The Balaban J connectivity index is 2.15. The van der Waals surface area contributed by atoms with Crippen LogP contribution in [-0.4, -0.2) is 26.2 Å². The summed E-state index contributed by atoms with van der Waals surface area (Å²) in [6, 6.07) is 2.75. The lowest BCUT2D eigenvalue weighted by Crippen LogP contribution is -2.27. The SMILES string of the molecule is CC(NC(=O)c1cc(F)ccc1O)c1ncn[nH]1. The Bertz CT molecular complexity index is 556. The first-order valence-corrected chi connectivity index (χ1v) is 5.22. The van der Waals surface area contributed by atoms with E-state index in [0.717, 1.165) is 18.2 Å². The Morgan fingerprint density at radius 3 is 3.00 bits per heavy atom. The Morgan fingerprint density at radius 2 is 2.33 bits per heavy atom. The molecule has 2 aromatic rings. The number of benzene rings is 1. The van der Waals surface area contributed by atoms with Crippen LogP contribution >= 0.6 is 0 Å². The van der Waals surface area contributed by atoms with Crippen LogP contribution in [0.3, 0.4) is 0 Å². The summed E-state index contributed by atoms with van der Waals surface area (Å²) in [5, 5.41) is 18.3. The quantitative estimate of drug-likeness (QED) is 0.761. The number of nitrogens with zero attached hydrogens (tertiary/aromatic N) is 2. The molecule has 0 saturated carbocycles. The van der Waals surface area contributed by atoms with Crippen LogP contribution in [0.5, 0.6) is 5.75 Å². The number of carbonyl (C=O) groups excluding carboxylic acids is 1. The Morgan fingerprint density at radius 1 is 1.56 bits per heavy atom. The first kappa shape index (κ1) is 12.0. The van der Waals surface area contributed by atoms with Crippen LogP contribution in [0.1, 0.15) is 29.1 Å². The van der Waals surface area contributed by atoms with E-state index in [1.165, 1.54) is 6.33 Å². The standard InChI is InChI=1S/C11H11FN4O2/c1-6(10-13-5-14-16-10)15-11(18)8-4-7(12)2-3-9(8)17/h2-6,17H,1H3,(H,15,18)(H,13,14,16). The lowest BCUT2D eigenvalue weighted by molar-refractivity contribution is 0.0935. The zero-order valence-electron chi connectivity index (χ0n) is 9.51. The number of carbonyl (C=O) groups is 1. The molecule has 6 nitrogen and oxygen atoms in total. The smallest absolute Gasteiger partial charge is 0.255 e. The number of amides is 1. The van der Waals surface area contributed by atoms with Gasteiger partial charge in [0.25, 0.3) is 5.91 Å². The van der Waals surface area contributed by atoms with Crippen molar-refractivity contribution in [3.63, 3.8) is 0 Å². The third-order valence-corrected chi connectivity index (χ3v) is 2.39. The molecule has 0 saturated heterocycles. The average Bonchev–Trinajstić information content (AvgIpc) is 2.85. The first-order chi connectivity index (χ1) is 8.58. The first-order valence-electron chi connectivity index (χ1n) is 5.22. The summed E-state index contributed by atoms with van der Waals surface area (Å²) >= 11 is 0. The molecular weight excluding hydrogens is 239 g/mol. The molecule has 94 valence electrons. The van der Waals surface area contributed by atoms with Crippen molar-refractivity contribution in [2.75, 3.05) is 0 Å². The monoisotopic (exact) mass is 250 g/mol. The summed E-state index contributed by atoms with van der Waals surface area (Å²) in [5.74, 6) is -0.987. The van der Waals surface area contributed by atoms with E-state index in [2.05, 4.69) is 20.5 Å². The van der Waals surface area contributed by atoms with Crippen LogP contribution in [0, 0.1) is 5.82 Å². The van der Waals surface area contributed by atoms with Gasteiger partial charge in [0.1, 0.15) is 23.7 Å². The van der Waals surface area contributed by atoms with Crippen molar-refractivity contribution in [3.8, 4) is 5.75 Å². The third-order valence-electron chi connectivity index (χ3n) is 2.39. The van der Waals surface area contributed by atoms with Gasteiger partial charge in [-0.25, -0.2) is 9.37 Å². The van der Waals surface area contributed by atoms with Gasteiger partial charge >= 0.3 is 0 Å². The van der Waals surface area contributed by atoms with Gasteiger partial charge in [-0.2, -0.15) is 5.10 Å². The highest BCUT2D eigenvalue weighted by molar-refractivity contribution is 5.96. The lowest BCUT2D eigenvalue weighted by Gasteiger charge is -2.11. The van der Waals surface area contributed by atoms with E-state index in [4.69, 9.17) is 0 Å². The van der Waals surface area contributed by atoms with E-state index < -0.39 is 17.8 Å². The maximum Gasteiger partial charge on any atom is 0.255 e. The fourth-order valence-corrected chi connectivity index (χ4v) is 1.46. The largest absolute Gasteiger partial charge is 0.507 e. The zero-order valence-corrected chi connectivity index (χ0v) is 9.51. The van der Waals surface area contributed by atoms with Gasteiger partial charge < -0.3 is 10.4 Å². The highest BCUT2D eigenvalue weighted by atomic mass is 19.1. The number of rotatable bonds is 3. The fourth-order valence-electron chi connectivity index (χ4n) is 1.46. The van der Waals surface area contributed by atoms with Crippen molar-refractivity contribution in [1.29, 1.82) is 0 Å². The second-order valence-electron chi connectivity index (χ2n) is 3.73. The number of nitrogens with one attached hydrogen (secondary N) is 2. The van der Waals surface area contributed by atoms with Crippen molar-refractivity contribution in [2.45, 2.75) is 13.0 Å². The summed E-state index contributed by atoms with van der Waals surface area (Å²) in [7, 11) is 0. The maximum absolute atomic E-state index is 13.0. The summed E-state index contributed by atoms with van der Waals surface area (Å²) < 4.78 is 13.0. The second kappa shape index (κ2) is 4.82. The van der Waals surface area contributed by atoms with Crippen molar-refractivity contribution in [2.24, 2.45) is 0 Å². The van der Waals surface area contributed by atoms with Gasteiger partial charge in [0.15, 0.2) is 0 Å². The number of aromatic hydroxyl groups is 1. The molecule has 1 unspecified atom stereocenters. The number of hydrogen-bond acceptors (Lipinski definition) is 4. The molecular formula is C11H11FN4O2. The average molecular weight is 250 g/mol. The second-order valence-corrected chi connectivity index (χ2v) is 3.73. The van der Waals surface area contributed by atoms with E-state index >= 15 is 0 Å². The molecule has 18 heavy (non-hydrogen) atoms. The number of aromatic nitrogens is 3. The minimum atomic E-state index is -0.592. The van der Waals surface area contributed by atoms with Crippen LogP contribution in [0.15, 0.2) is 24.5 Å². The van der Waals surface area contributed by atoms with Gasteiger partial charge in [-0.3, -0.25) is 9.89 Å². The number of aromatic amines is 1. The predicted molar refractivity (Wildman–Crippen MR) is 60.3 cm³/mol. The molecule has 0 radical (unpaired) electrons. The molecule has 7 heteroatoms. The number of phenols is 1. The number of halogens is 1. The van der Waals surface area contributed by atoms with E-state index in [1.807, 2.05) is 0 Å². The molecule has 0 bridgehead atoms. The van der Waals surface area contributed by atoms with Crippen LogP contribution < -0.4 is 5.32 Å². The number of phenolic OH excluding ortho intramolecular Hbond substituents is 1. The molecule has 0 fully saturated rings. The van der Waals surface area contributed by atoms with Gasteiger partial charge in [-0.1, -0.05) is 0 Å². The van der Waals surface area contributed by atoms with Crippen LogP contribution in [0.2, 0.25) is 0 Å². The molecule has 0 spiro atoms. The molecule has 1 aromatic heterocycles. The highest BCUT2D eigenvalue weighted by Crippen LogP contribution is 2.18. The molecule has 2 rings (SSSR count). The molecule has 1 aromatic carbocycles. The van der Waals surface area contributed by atoms with Crippen molar-refractivity contribution < 1.29 is 14.3 Å². The fraction of sp³-hybridized carbons (Fsp3) is 0.182. The molecule has 0 aliphatic rings. The van der Waals surface area contributed by atoms with Gasteiger partial charge in [0.2, 0.25) is 0 Å². The maximum atomic E-state index is 13.0. The summed E-state index contributed by atoms with van der Waals surface area (Å²) in [5.41, 5.74) is -0.124. The molecule has 1 amide bonds. The summed E-state index contributed by atoms with van der Waals surface area (Å²) in [6.07, 6.45) is 1.32. The number of hydrogen-bond donors (Lipinski definition) is 3. The molecule has 0 aliphatic carbocycles. The minimum Gasteiger partial charge on any atom is -0.507 e. The Labute approximate surface area is 102 Å². The normalized spacial score (nSPS) is 12.1. The van der Waals surface area contributed by atoms with E-state index in [1.54, 1.807) is 6.92 Å². The molecule has 1 heterocycles. The third kappa shape index (κ3) is 2.45. The lowest BCUT2D eigenvalue weighted by atomic mass is 10.1. The molecule has 1 atom stereocenters. The Hall–Kier alpha value is -2.44. The van der Waals surface area contributed by atoms with Gasteiger partial charge in [-0.05, 0) is 25.1 Å². The van der Waals surface area contributed by atoms with E-state index in [9.17, 15) is 14.3 Å². The number of H-pyrrole nitrogens is 1. The van der Waals surface area contributed by atoms with E-state index in [0.29, 0.717) is 5.82 Å². The van der Waals surface area contributed by atoms with Gasteiger partial charge in [-0.15, -0.1) is 0 Å². The summed E-state index contributed by atoms with van der Waals surface area (Å²) in [4.78, 5) is 15.7. The molecule has 0 aliphatic heterocycles. The minimum absolute atomic E-state index is 0.124. The summed E-state index contributed by atoms with van der Waals surface area (Å²) in [6.45, 7) is 1.69. The topological polar surface area (TPSA) is 90.9 Å². The predicted octanol–water partition coefficient (Wildman–Crippen LogP) is 1.14. The van der Waals surface area contributed by atoms with Crippen molar-refractivity contribution in [3.05, 3.63) is 41.7 Å². The van der Waals surface area contributed by atoms with Crippen LogP contribution in [0.25, 0.3) is 0 Å². The van der Waals surface area contributed by atoms with Crippen molar-refractivity contribution >= 4 is 5.91 Å². The van der Waals surface area contributed by atoms with Crippen LogP contribution in [0.4, 0.5) is 4.39 Å². The van der Waals surface area contributed by atoms with Gasteiger partial charge in [0, 0.05) is 0 Å². The zero-order chi connectivity index (χ0) is 13.1. The van der Waals surface area contributed by atoms with Gasteiger partial charge in [0.05, 0.1) is 11.6 Å². The van der Waals surface area contributed by atoms with E-state index in [-0.39, 0.29) is 11.3 Å².